The number of likely N-dealkylation sites (tertiary alicyclic amines) is 1. The highest BCUT2D eigenvalue weighted by atomic mass is 19.1. The van der Waals surface area contributed by atoms with Crippen LogP contribution in [0.15, 0.2) is 22.6 Å². The molecule has 1 atom stereocenters. The van der Waals surface area contributed by atoms with Crippen LogP contribution in [0.2, 0.25) is 0 Å². The molecule has 0 amide bonds. The first-order valence-corrected chi connectivity index (χ1v) is 7.52. The highest BCUT2D eigenvalue weighted by Gasteiger charge is 2.37. The summed E-state index contributed by atoms with van der Waals surface area (Å²) in [5.74, 6) is 0.300. The highest BCUT2D eigenvalue weighted by molar-refractivity contribution is 5.72. The van der Waals surface area contributed by atoms with Crippen LogP contribution in [0.1, 0.15) is 32.1 Å². The van der Waals surface area contributed by atoms with Crippen molar-refractivity contribution in [2.45, 2.75) is 32.7 Å². The average molecular weight is 292 g/mol. The van der Waals surface area contributed by atoms with Crippen molar-refractivity contribution in [1.82, 2.24) is 9.88 Å². The maximum absolute atomic E-state index is 13.2. The molecule has 1 aliphatic heterocycles. The van der Waals surface area contributed by atoms with Crippen molar-refractivity contribution in [1.29, 1.82) is 0 Å². The van der Waals surface area contributed by atoms with Gasteiger partial charge in [-0.2, -0.15) is 0 Å². The summed E-state index contributed by atoms with van der Waals surface area (Å²) in [5.41, 5.74) is 1.20. The minimum atomic E-state index is -0.311. The van der Waals surface area contributed by atoms with E-state index in [9.17, 15) is 9.50 Å². The van der Waals surface area contributed by atoms with Crippen molar-refractivity contribution in [3.63, 3.8) is 0 Å². The Hall–Kier alpha value is -1.46. The third-order valence-electron chi connectivity index (χ3n) is 4.39. The van der Waals surface area contributed by atoms with E-state index in [1.54, 1.807) is 6.07 Å². The summed E-state index contributed by atoms with van der Waals surface area (Å²) < 4.78 is 18.8. The molecule has 2 aromatic rings. The van der Waals surface area contributed by atoms with Gasteiger partial charge in [-0.1, -0.05) is 13.3 Å². The first-order valence-electron chi connectivity index (χ1n) is 7.52. The number of nitrogens with zero attached hydrogens (tertiary/aromatic N) is 2. The van der Waals surface area contributed by atoms with Gasteiger partial charge in [-0.25, -0.2) is 9.37 Å². The number of halogens is 1. The van der Waals surface area contributed by atoms with Gasteiger partial charge in [0.1, 0.15) is 11.3 Å². The van der Waals surface area contributed by atoms with Crippen LogP contribution >= 0.6 is 0 Å². The molecule has 0 bridgehead atoms. The number of aromatic nitrogens is 1. The first-order chi connectivity index (χ1) is 10.1. The van der Waals surface area contributed by atoms with E-state index in [0.29, 0.717) is 23.5 Å². The van der Waals surface area contributed by atoms with E-state index in [-0.39, 0.29) is 17.8 Å². The lowest BCUT2D eigenvalue weighted by molar-refractivity contribution is 0.115. The third kappa shape index (κ3) is 2.94. The van der Waals surface area contributed by atoms with E-state index in [1.807, 2.05) is 0 Å². The Morgan fingerprint density at radius 3 is 3.10 bits per heavy atom. The van der Waals surface area contributed by atoms with E-state index >= 15 is 0 Å². The second kappa shape index (κ2) is 5.73. The molecule has 114 valence electrons. The molecule has 1 aliphatic rings. The van der Waals surface area contributed by atoms with Crippen LogP contribution in [0.3, 0.4) is 0 Å². The number of benzene rings is 1. The van der Waals surface area contributed by atoms with Crippen molar-refractivity contribution >= 4 is 11.1 Å². The zero-order valence-electron chi connectivity index (χ0n) is 12.3. The normalized spacial score (nSPS) is 23.2. The zero-order valence-corrected chi connectivity index (χ0v) is 12.3. The molecule has 21 heavy (non-hydrogen) atoms. The maximum Gasteiger partial charge on any atom is 0.209 e. The minimum absolute atomic E-state index is 0.0207. The van der Waals surface area contributed by atoms with E-state index < -0.39 is 0 Å². The number of fused-ring (bicyclic) bond motifs is 1. The molecular formula is C16H21FN2O2. The van der Waals surface area contributed by atoms with Gasteiger partial charge in [-0.15, -0.1) is 0 Å². The zero-order chi connectivity index (χ0) is 14.9. The summed E-state index contributed by atoms with van der Waals surface area (Å²) in [4.78, 5) is 6.66. The SMILES string of the molecule is CCCC1(CO)CCN(Cc2nc3ccc(F)cc3o2)C1. The summed E-state index contributed by atoms with van der Waals surface area (Å²) in [6.45, 7) is 4.80. The molecule has 1 aromatic carbocycles. The topological polar surface area (TPSA) is 49.5 Å². The number of rotatable bonds is 5. The largest absolute Gasteiger partial charge is 0.439 e. The molecule has 2 heterocycles. The predicted molar refractivity (Wildman–Crippen MR) is 78.3 cm³/mol. The Morgan fingerprint density at radius 1 is 1.48 bits per heavy atom. The number of hydrogen-bond donors (Lipinski definition) is 1. The smallest absolute Gasteiger partial charge is 0.209 e. The van der Waals surface area contributed by atoms with Crippen molar-refractivity contribution in [3.05, 3.63) is 29.9 Å². The first kappa shape index (κ1) is 14.5. The average Bonchev–Trinajstić information content (AvgIpc) is 3.03. The van der Waals surface area contributed by atoms with Crippen LogP contribution in [-0.2, 0) is 6.54 Å². The molecule has 3 rings (SSSR count). The third-order valence-corrected chi connectivity index (χ3v) is 4.39. The van der Waals surface area contributed by atoms with Gasteiger partial charge in [0.05, 0.1) is 6.54 Å². The van der Waals surface area contributed by atoms with Crippen molar-refractivity contribution in [2.24, 2.45) is 5.41 Å². The standard InChI is InChI=1S/C16H21FN2O2/c1-2-5-16(11-20)6-7-19(10-16)9-15-18-13-4-3-12(17)8-14(13)21-15/h3-4,8,20H,2,5-7,9-11H2,1H3. The summed E-state index contributed by atoms with van der Waals surface area (Å²) in [6, 6.07) is 4.39. The molecule has 5 heteroatoms. The van der Waals surface area contributed by atoms with Crippen LogP contribution in [0.25, 0.3) is 11.1 Å². The molecule has 1 aromatic heterocycles. The van der Waals surface area contributed by atoms with Crippen LogP contribution in [0.5, 0.6) is 0 Å². The summed E-state index contributed by atoms with van der Waals surface area (Å²) >= 11 is 0. The lowest BCUT2D eigenvalue weighted by atomic mass is 9.83. The van der Waals surface area contributed by atoms with Crippen molar-refractivity contribution in [3.8, 4) is 0 Å². The molecule has 1 fully saturated rings. The van der Waals surface area contributed by atoms with Crippen molar-refractivity contribution in [2.75, 3.05) is 19.7 Å². The fourth-order valence-corrected chi connectivity index (χ4v) is 3.31. The van der Waals surface area contributed by atoms with Gasteiger partial charge >= 0.3 is 0 Å². The fraction of sp³-hybridized carbons (Fsp3) is 0.562. The Labute approximate surface area is 123 Å². The molecule has 1 N–H and O–H groups in total. The van der Waals surface area contributed by atoms with Crippen LogP contribution in [-0.4, -0.2) is 34.7 Å². The van der Waals surface area contributed by atoms with Crippen LogP contribution < -0.4 is 0 Å². The van der Waals surface area contributed by atoms with Crippen molar-refractivity contribution < 1.29 is 13.9 Å². The lowest BCUT2D eigenvalue weighted by Crippen LogP contribution is -2.30. The van der Waals surface area contributed by atoms with Gasteiger partial charge in [0.2, 0.25) is 5.89 Å². The summed E-state index contributed by atoms with van der Waals surface area (Å²) in [5, 5.41) is 9.67. The molecule has 0 radical (unpaired) electrons. The van der Waals surface area contributed by atoms with E-state index in [2.05, 4.69) is 16.8 Å². The maximum atomic E-state index is 13.2. The van der Waals surface area contributed by atoms with Gasteiger partial charge in [0.25, 0.3) is 0 Å². The quantitative estimate of drug-likeness (QED) is 0.920. The minimum Gasteiger partial charge on any atom is -0.439 e. The Bertz CT molecular complexity index is 628. The second-order valence-corrected chi connectivity index (χ2v) is 6.09. The van der Waals surface area contributed by atoms with E-state index in [1.165, 1.54) is 12.1 Å². The monoisotopic (exact) mass is 292 g/mol. The fourth-order valence-electron chi connectivity index (χ4n) is 3.31. The number of hydrogen-bond acceptors (Lipinski definition) is 4. The van der Waals surface area contributed by atoms with Gasteiger partial charge < -0.3 is 9.52 Å². The highest BCUT2D eigenvalue weighted by Crippen LogP contribution is 2.35. The van der Waals surface area contributed by atoms with Crippen LogP contribution in [0, 0.1) is 11.2 Å². The van der Waals surface area contributed by atoms with Crippen LogP contribution in [0.4, 0.5) is 4.39 Å². The molecule has 0 spiro atoms. The summed E-state index contributed by atoms with van der Waals surface area (Å²) in [7, 11) is 0. The molecule has 1 saturated heterocycles. The molecular weight excluding hydrogens is 271 g/mol. The lowest BCUT2D eigenvalue weighted by Gasteiger charge is -2.26. The molecule has 1 unspecified atom stereocenters. The second-order valence-electron chi connectivity index (χ2n) is 6.09. The van der Waals surface area contributed by atoms with E-state index in [4.69, 9.17) is 4.42 Å². The molecule has 4 nitrogen and oxygen atoms in total. The number of oxazole rings is 1. The number of aliphatic hydroxyl groups excluding tert-OH is 1. The summed E-state index contributed by atoms with van der Waals surface area (Å²) in [6.07, 6.45) is 3.13. The van der Waals surface area contributed by atoms with E-state index in [0.717, 1.165) is 32.4 Å². The van der Waals surface area contributed by atoms with Gasteiger partial charge in [-0.05, 0) is 31.5 Å². The van der Waals surface area contributed by atoms with Gasteiger partial charge in [0, 0.05) is 24.6 Å². The Kier molecular flexibility index (Phi) is 3.95. The van der Waals surface area contributed by atoms with Gasteiger partial charge in [-0.3, -0.25) is 4.90 Å². The predicted octanol–water partition coefficient (Wildman–Crippen LogP) is 2.95. The molecule has 0 saturated carbocycles. The Morgan fingerprint density at radius 2 is 2.33 bits per heavy atom. The Balaban J connectivity index is 1.71. The molecule has 0 aliphatic carbocycles. The van der Waals surface area contributed by atoms with Gasteiger partial charge in [0.15, 0.2) is 5.58 Å². The number of aliphatic hydroxyl groups is 1.